The summed E-state index contributed by atoms with van der Waals surface area (Å²) < 4.78 is 34.7. The summed E-state index contributed by atoms with van der Waals surface area (Å²) >= 11 is 0. The fourth-order valence-corrected chi connectivity index (χ4v) is 4.60. The standard InChI is InChI=1S/C23H23N5O6S/c1-34-23(31)19-15-27(13-14-29)22(30)21(19)25-16-7-9-18(10-8-16)35(32,33)26-20-11-12-24-28(20)17-5-3-2-4-6-17/h2-12,25-26,29H,13-15H2,1H3. The van der Waals surface area contributed by atoms with Gasteiger partial charge in [0.2, 0.25) is 0 Å². The number of hydrogen-bond donors (Lipinski definition) is 3. The van der Waals surface area contributed by atoms with Gasteiger partial charge in [0.15, 0.2) is 0 Å². The Kier molecular flexibility index (Phi) is 6.85. The minimum atomic E-state index is -3.94. The normalized spacial score (nSPS) is 13.8. The number of nitrogens with one attached hydrogen (secondary N) is 2. The lowest BCUT2D eigenvalue weighted by Gasteiger charge is -2.15. The van der Waals surface area contributed by atoms with Crippen LogP contribution < -0.4 is 10.0 Å². The minimum absolute atomic E-state index is 0.000119. The predicted molar refractivity (Wildman–Crippen MR) is 127 cm³/mol. The zero-order valence-electron chi connectivity index (χ0n) is 18.7. The van der Waals surface area contributed by atoms with E-state index in [9.17, 15) is 18.0 Å². The SMILES string of the molecule is COC(=O)C1=C(Nc2ccc(S(=O)(=O)Nc3ccnn3-c3ccccc3)cc2)C(=O)N(CCO)C1. The van der Waals surface area contributed by atoms with Crippen molar-refractivity contribution in [3.63, 3.8) is 0 Å². The number of methoxy groups -OCH3 is 1. The summed E-state index contributed by atoms with van der Waals surface area (Å²) in [4.78, 5) is 26.1. The Hall–Kier alpha value is -4.16. The quantitative estimate of drug-likeness (QED) is 0.376. The van der Waals surface area contributed by atoms with Gasteiger partial charge in [-0.1, -0.05) is 18.2 Å². The predicted octanol–water partition coefficient (Wildman–Crippen LogP) is 1.35. The largest absolute Gasteiger partial charge is 0.466 e. The van der Waals surface area contributed by atoms with Crippen LogP contribution in [-0.4, -0.2) is 66.9 Å². The van der Waals surface area contributed by atoms with Crippen LogP contribution in [0.15, 0.2) is 83.0 Å². The molecular formula is C23H23N5O6S. The van der Waals surface area contributed by atoms with E-state index in [1.807, 2.05) is 18.2 Å². The van der Waals surface area contributed by atoms with E-state index in [1.54, 1.807) is 18.2 Å². The number of para-hydroxylation sites is 1. The maximum atomic E-state index is 13.0. The molecule has 0 saturated heterocycles. The number of sulfonamides is 1. The summed E-state index contributed by atoms with van der Waals surface area (Å²) in [6.45, 7) is -0.191. The maximum absolute atomic E-state index is 13.0. The van der Waals surface area contributed by atoms with Gasteiger partial charge in [0.25, 0.3) is 15.9 Å². The summed E-state index contributed by atoms with van der Waals surface area (Å²) in [5.74, 6) is -0.862. The highest BCUT2D eigenvalue weighted by molar-refractivity contribution is 7.92. The Labute approximate surface area is 201 Å². The number of esters is 1. The van der Waals surface area contributed by atoms with Crippen LogP contribution >= 0.6 is 0 Å². The number of aromatic nitrogens is 2. The van der Waals surface area contributed by atoms with Crippen LogP contribution in [-0.2, 0) is 24.3 Å². The van der Waals surface area contributed by atoms with Crippen molar-refractivity contribution in [2.24, 2.45) is 0 Å². The third-order valence-electron chi connectivity index (χ3n) is 5.27. The van der Waals surface area contributed by atoms with E-state index in [0.717, 1.165) is 0 Å². The molecule has 0 bridgehead atoms. The van der Waals surface area contributed by atoms with Gasteiger partial charge in [-0.25, -0.2) is 17.9 Å². The van der Waals surface area contributed by atoms with Crippen molar-refractivity contribution in [2.45, 2.75) is 4.90 Å². The summed E-state index contributed by atoms with van der Waals surface area (Å²) in [5, 5.41) is 16.2. The molecule has 2 aromatic carbocycles. The molecule has 0 atom stereocenters. The maximum Gasteiger partial charge on any atom is 0.337 e. The smallest absolute Gasteiger partial charge is 0.337 e. The van der Waals surface area contributed by atoms with Gasteiger partial charge >= 0.3 is 5.97 Å². The second-order valence-corrected chi connectivity index (χ2v) is 9.20. The number of ether oxygens (including phenoxy) is 1. The van der Waals surface area contributed by atoms with Gasteiger partial charge < -0.3 is 20.1 Å². The molecule has 0 fully saturated rings. The van der Waals surface area contributed by atoms with Crippen molar-refractivity contribution >= 4 is 33.4 Å². The van der Waals surface area contributed by atoms with E-state index in [0.29, 0.717) is 11.4 Å². The van der Waals surface area contributed by atoms with E-state index in [1.165, 1.54) is 47.2 Å². The third-order valence-corrected chi connectivity index (χ3v) is 6.64. The molecule has 11 nitrogen and oxygen atoms in total. The van der Waals surface area contributed by atoms with E-state index < -0.39 is 21.9 Å². The van der Waals surface area contributed by atoms with Crippen LogP contribution in [0.5, 0.6) is 0 Å². The van der Waals surface area contributed by atoms with Crippen molar-refractivity contribution in [1.29, 1.82) is 0 Å². The van der Waals surface area contributed by atoms with Crippen LogP contribution in [0, 0.1) is 0 Å². The van der Waals surface area contributed by atoms with Gasteiger partial charge in [-0.3, -0.25) is 9.52 Å². The average Bonchev–Trinajstić information content (AvgIpc) is 3.44. The number of carbonyl (C=O) groups excluding carboxylic acids is 2. The van der Waals surface area contributed by atoms with Crippen LogP contribution in [0.3, 0.4) is 0 Å². The van der Waals surface area contributed by atoms with E-state index in [4.69, 9.17) is 9.84 Å². The zero-order valence-corrected chi connectivity index (χ0v) is 19.5. The molecular weight excluding hydrogens is 474 g/mol. The fourth-order valence-electron chi connectivity index (χ4n) is 3.56. The molecule has 35 heavy (non-hydrogen) atoms. The number of aliphatic hydroxyl groups excluding tert-OH is 1. The molecule has 4 rings (SSSR count). The molecule has 0 unspecified atom stereocenters. The molecule has 1 aliphatic rings. The summed E-state index contributed by atoms with van der Waals surface area (Å²) in [6, 6.07) is 16.3. The number of amides is 1. The summed E-state index contributed by atoms with van der Waals surface area (Å²) in [7, 11) is -2.73. The van der Waals surface area contributed by atoms with E-state index >= 15 is 0 Å². The number of rotatable bonds is 9. The number of β-amino-alcohol motifs (C(OH)–C–C–N with tert-alkyl or cyclic N) is 1. The van der Waals surface area contributed by atoms with Crippen molar-refractivity contribution in [3.8, 4) is 5.69 Å². The number of aliphatic hydroxyl groups is 1. The molecule has 1 aromatic heterocycles. The van der Waals surface area contributed by atoms with Gasteiger partial charge in [0, 0.05) is 18.3 Å². The highest BCUT2D eigenvalue weighted by Gasteiger charge is 2.34. The average molecular weight is 498 g/mol. The van der Waals surface area contributed by atoms with Crippen LogP contribution in [0.4, 0.5) is 11.5 Å². The molecule has 3 aromatic rings. The Morgan fingerprint density at radius 1 is 1.11 bits per heavy atom. The van der Waals surface area contributed by atoms with Crippen molar-refractivity contribution < 1.29 is 27.9 Å². The van der Waals surface area contributed by atoms with Crippen molar-refractivity contribution in [2.75, 3.05) is 36.8 Å². The Morgan fingerprint density at radius 2 is 1.83 bits per heavy atom. The number of carbonyl (C=O) groups is 2. The fraction of sp³-hybridized carbons (Fsp3) is 0.174. The van der Waals surface area contributed by atoms with Crippen LogP contribution in [0.25, 0.3) is 5.69 Å². The van der Waals surface area contributed by atoms with E-state index in [2.05, 4.69) is 15.1 Å². The Morgan fingerprint density at radius 3 is 2.49 bits per heavy atom. The van der Waals surface area contributed by atoms with Crippen LogP contribution in [0.1, 0.15) is 0 Å². The van der Waals surface area contributed by atoms with Gasteiger partial charge in [-0.15, -0.1) is 0 Å². The minimum Gasteiger partial charge on any atom is -0.466 e. The number of benzene rings is 2. The Balaban J connectivity index is 1.54. The molecule has 0 radical (unpaired) electrons. The monoisotopic (exact) mass is 497 g/mol. The van der Waals surface area contributed by atoms with Crippen molar-refractivity contribution in [1.82, 2.24) is 14.7 Å². The van der Waals surface area contributed by atoms with Crippen LogP contribution in [0.2, 0.25) is 0 Å². The molecule has 182 valence electrons. The molecule has 12 heteroatoms. The Bertz CT molecular complexity index is 1370. The summed E-state index contributed by atoms with van der Waals surface area (Å²) in [5.41, 5.74) is 1.24. The van der Waals surface area contributed by atoms with Gasteiger partial charge in [-0.05, 0) is 36.4 Å². The molecule has 0 spiro atoms. The number of anilines is 2. The number of nitrogens with zero attached hydrogens (tertiary/aromatic N) is 3. The third kappa shape index (κ3) is 5.03. The molecule has 3 N–H and O–H groups in total. The summed E-state index contributed by atoms with van der Waals surface area (Å²) in [6.07, 6.45) is 1.49. The molecule has 1 aliphatic heterocycles. The van der Waals surface area contributed by atoms with Gasteiger partial charge in [0.1, 0.15) is 11.5 Å². The van der Waals surface area contributed by atoms with Gasteiger partial charge in [0.05, 0.1) is 42.6 Å². The highest BCUT2D eigenvalue weighted by atomic mass is 32.2. The first-order valence-corrected chi connectivity index (χ1v) is 12.0. The molecule has 0 aliphatic carbocycles. The molecule has 2 heterocycles. The number of hydrogen-bond acceptors (Lipinski definition) is 8. The second-order valence-electron chi connectivity index (χ2n) is 7.51. The molecule has 1 amide bonds. The first-order chi connectivity index (χ1) is 16.8. The zero-order chi connectivity index (χ0) is 25.0. The van der Waals surface area contributed by atoms with Gasteiger partial charge in [-0.2, -0.15) is 5.10 Å². The molecule has 0 saturated carbocycles. The highest BCUT2D eigenvalue weighted by Crippen LogP contribution is 2.25. The topological polar surface area (TPSA) is 143 Å². The first-order valence-electron chi connectivity index (χ1n) is 10.5. The first kappa shape index (κ1) is 24.0. The lowest BCUT2D eigenvalue weighted by molar-refractivity contribution is -0.136. The van der Waals surface area contributed by atoms with Crippen molar-refractivity contribution in [3.05, 3.63) is 78.1 Å². The second kappa shape index (κ2) is 9.99. The lowest BCUT2D eigenvalue weighted by Crippen LogP contribution is -2.31. The lowest BCUT2D eigenvalue weighted by atomic mass is 10.2. The van der Waals surface area contributed by atoms with E-state index in [-0.39, 0.29) is 41.7 Å².